The minimum atomic E-state index is -4.50. The van der Waals surface area contributed by atoms with Crippen LogP contribution in [0.15, 0.2) is 11.2 Å². The van der Waals surface area contributed by atoms with Gasteiger partial charge in [-0.2, -0.15) is 23.4 Å². The zero-order valence-corrected chi connectivity index (χ0v) is 19.8. The molecule has 2 N–H and O–H groups in total. The molecule has 0 aromatic carbocycles. The Balaban J connectivity index is 0.00000320. The number of aliphatic imine (C=N–C) groups is 1. The topological polar surface area (TPSA) is 84.9 Å². The molecule has 0 aliphatic carbocycles. The van der Waals surface area contributed by atoms with Gasteiger partial charge in [-0.3, -0.25) is 4.68 Å². The van der Waals surface area contributed by atoms with Crippen LogP contribution < -0.4 is 10.6 Å². The van der Waals surface area contributed by atoms with E-state index in [1.165, 1.54) is 13.2 Å². The van der Waals surface area contributed by atoms with Gasteiger partial charge in [0.05, 0.1) is 13.1 Å². The Hall–Kier alpha value is -1.86. The van der Waals surface area contributed by atoms with Crippen LogP contribution in [0, 0.1) is 0 Å². The highest BCUT2D eigenvalue weighted by Crippen LogP contribution is 2.30. The number of alkyl halides is 3. The fourth-order valence-electron chi connectivity index (χ4n) is 3.26. The van der Waals surface area contributed by atoms with E-state index in [0.29, 0.717) is 19.0 Å². The molecule has 3 heterocycles. The van der Waals surface area contributed by atoms with Crippen LogP contribution in [-0.4, -0.2) is 43.1 Å². The van der Waals surface area contributed by atoms with Crippen LogP contribution >= 0.6 is 24.0 Å². The summed E-state index contributed by atoms with van der Waals surface area (Å²) < 4.78 is 42.5. The average molecular weight is 540 g/mol. The van der Waals surface area contributed by atoms with Crippen LogP contribution in [0.4, 0.5) is 13.2 Å². The second-order valence-electron chi connectivity index (χ2n) is 7.47. The summed E-state index contributed by atoms with van der Waals surface area (Å²) in [5.74, 6) is 2.54. The maximum absolute atomic E-state index is 13.1. The highest BCUT2D eigenvalue weighted by molar-refractivity contribution is 14.0. The summed E-state index contributed by atoms with van der Waals surface area (Å²) in [6, 6.07) is 0.0676. The molecule has 2 aromatic rings. The number of hydrogen-bond donors (Lipinski definition) is 2. The van der Waals surface area contributed by atoms with Crippen molar-refractivity contribution in [1.82, 2.24) is 35.2 Å². The average Bonchev–Trinajstić information content (AvgIpc) is 3.22. The molecule has 30 heavy (non-hydrogen) atoms. The van der Waals surface area contributed by atoms with Crippen LogP contribution in [0.5, 0.6) is 0 Å². The largest absolute Gasteiger partial charge is 0.435 e. The summed E-state index contributed by atoms with van der Waals surface area (Å²) in [5, 5.41) is 14.5. The van der Waals surface area contributed by atoms with Crippen molar-refractivity contribution in [2.75, 3.05) is 6.54 Å². The Morgan fingerprint density at radius 1 is 1.33 bits per heavy atom. The van der Waals surface area contributed by atoms with E-state index < -0.39 is 11.9 Å². The number of guanidine groups is 1. The van der Waals surface area contributed by atoms with Crippen molar-refractivity contribution >= 4 is 29.9 Å². The van der Waals surface area contributed by atoms with Gasteiger partial charge in [0.1, 0.15) is 5.82 Å². The standard InChI is InChI=1S/C18H27F3N8.HI/c1-5-22-17(23-8-12-9-28(4)26-15(12)18(19,20)21)24-13-6-7-14-25-16(11(2)3)27-29(14)10-13;/h9,11,13H,5-8,10H2,1-4H3,(H2,22,23,24);1H. The summed E-state index contributed by atoms with van der Waals surface area (Å²) in [6.45, 7) is 7.15. The summed E-state index contributed by atoms with van der Waals surface area (Å²) in [5.41, 5.74) is -0.855. The van der Waals surface area contributed by atoms with Crippen molar-refractivity contribution in [1.29, 1.82) is 0 Å². The number of halogens is 4. The van der Waals surface area contributed by atoms with Gasteiger partial charge in [-0.1, -0.05) is 13.8 Å². The van der Waals surface area contributed by atoms with Crippen molar-refractivity contribution < 1.29 is 13.2 Å². The molecule has 0 amide bonds. The van der Waals surface area contributed by atoms with Gasteiger partial charge in [0.25, 0.3) is 0 Å². The molecule has 8 nitrogen and oxygen atoms in total. The number of aryl methyl sites for hydroxylation is 2. The zero-order chi connectivity index (χ0) is 21.2. The van der Waals surface area contributed by atoms with Crippen molar-refractivity contribution in [2.45, 2.75) is 64.8 Å². The predicted octanol–water partition coefficient (Wildman–Crippen LogP) is 2.84. The van der Waals surface area contributed by atoms with Crippen molar-refractivity contribution in [2.24, 2.45) is 12.0 Å². The summed E-state index contributed by atoms with van der Waals surface area (Å²) in [6.07, 6.45) is -1.51. The Kier molecular flexibility index (Phi) is 8.11. The molecule has 3 rings (SSSR count). The van der Waals surface area contributed by atoms with Gasteiger partial charge in [-0.25, -0.2) is 14.7 Å². The number of fused-ring (bicyclic) bond motifs is 1. The SMILES string of the molecule is CCNC(=NCc1cn(C)nc1C(F)(F)F)NC1CCc2nc(C(C)C)nn2C1.I. The maximum atomic E-state index is 13.1. The van der Waals surface area contributed by atoms with Crippen LogP contribution in [-0.2, 0) is 32.7 Å². The van der Waals surface area contributed by atoms with Gasteiger partial charge in [-0.15, -0.1) is 24.0 Å². The highest BCUT2D eigenvalue weighted by Gasteiger charge is 2.36. The molecule has 0 fully saturated rings. The number of nitrogens with zero attached hydrogens (tertiary/aromatic N) is 6. The smallest absolute Gasteiger partial charge is 0.357 e. The molecule has 0 saturated carbocycles. The minimum absolute atomic E-state index is 0. The van der Waals surface area contributed by atoms with E-state index in [4.69, 9.17) is 0 Å². The lowest BCUT2D eigenvalue weighted by molar-refractivity contribution is -0.142. The molecular weight excluding hydrogens is 512 g/mol. The molecule has 2 aromatic heterocycles. The summed E-state index contributed by atoms with van der Waals surface area (Å²) in [4.78, 5) is 8.92. The third kappa shape index (κ3) is 5.85. The lowest BCUT2D eigenvalue weighted by Gasteiger charge is -2.25. The Bertz CT molecular complexity index is 871. The fourth-order valence-corrected chi connectivity index (χ4v) is 3.26. The van der Waals surface area contributed by atoms with E-state index in [-0.39, 0.29) is 48.0 Å². The van der Waals surface area contributed by atoms with Gasteiger partial charge in [0.2, 0.25) is 0 Å². The van der Waals surface area contributed by atoms with Crippen LogP contribution in [0.2, 0.25) is 0 Å². The molecule has 12 heteroatoms. The first kappa shape index (κ1) is 24.4. The van der Waals surface area contributed by atoms with Crippen LogP contribution in [0.1, 0.15) is 56.0 Å². The third-order valence-corrected chi connectivity index (χ3v) is 4.66. The first-order valence-corrected chi connectivity index (χ1v) is 9.75. The van der Waals surface area contributed by atoms with Gasteiger partial charge in [-0.05, 0) is 13.3 Å². The van der Waals surface area contributed by atoms with E-state index >= 15 is 0 Å². The van der Waals surface area contributed by atoms with Gasteiger partial charge >= 0.3 is 6.18 Å². The van der Waals surface area contributed by atoms with E-state index in [9.17, 15) is 13.2 Å². The molecule has 0 spiro atoms. The normalized spacial score (nSPS) is 16.9. The quantitative estimate of drug-likeness (QED) is 0.346. The molecule has 1 aliphatic heterocycles. The molecule has 0 saturated heterocycles. The lowest BCUT2D eigenvalue weighted by atomic mass is 10.1. The molecule has 0 radical (unpaired) electrons. The molecule has 1 unspecified atom stereocenters. The summed E-state index contributed by atoms with van der Waals surface area (Å²) in [7, 11) is 1.47. The van der Waals surface area contributed by atoms with Crippen LogP contribution in [0.25, 0.3) is 0 Å². The van der Waals surface area contributed by atoms with Crippen molar-refractivity contribution in [3.05, 3.63) is 29.1 Å². The van der Waals surface area contributed by atoms with Crippen molar-refractivity contribution in [3.63, 3.8) is 0 Å². The maximum Gasteiger partial charge on any atom is 0.435 e. The van der Waals surface area contributed by atoms with Crippen molar-refractivity contribution in [3.8, 4) is 0 Å². The number of aromatic nitrogens is 5. The molecule has 0 bridgehead atoms. The number of nitrogens with one attached hydrogen (secondary N) is 2. The van der Waals surface area contributed by atoms with E-state index in [2.05, 4.69) is 44.7 Å². The Morgan fingerprint density at radius 2 is 2.07 bits per heavy atom. The number of hydrogen-bond acceptors (Lipinski definition) is 4. The second kappa shape index (κ2) is 9.96. The molecular formula is C18H28F3IN8. The van der Waals surface area contributed by atoms with E-state index in [1.807, 2.05) is 11.6 Å². The predicted molar refractivity (Wildman–Crippen MR) is 118 cm³/mol. The van der Waals surface area contributed by atoms with Gasteiger partial charge in [0, 0.05) is 43.7 Å². The van der Waals surface area contributed by atoms with E-state index in [0.717, 1.165) is 29.2 Å². The van der Waals surface area contributed by atoms with E-state index in [1.54, 1.807) is 0 Å². The summed E-state index contributed by atoms with van der Waals surface area (Å²) >= 11 is 0. The fraction of sp³-hybridized carbons (Fsp3) is 0.667. The minimum Gasteiger partial charge on any atom is -0.357 e. The first-order chi connectivity index (χ1) is 13.7. The third-order valence-electron chi connectivity index (χ3n) is 4.66. The monoisotopic (exact) mass is 540 g/mol. The highest BCUT2D eigenvalue weighted by atomic mass is 127. The zero-order valence-electron chi connectivity index (χ0n) is 17.5. The Morgan fingerprint density at radius 3 is 2.70 bits per heavy atom. The van der Waals surface area contributed by atoms with Gasteiger partial charge < -0.3 is 10.6 Å². The lowest BCUT2D eigenvalue weighted by Crippen LogP contribution is -2.47. The molecule has 1 aliphatic rings. The molecule has 1 atom stereocenters. The number of rotatable bonds is 5. The van der Waals surface area contributed by atoms with Crippen LogP contribution in [0.3, 0.4) is 0 Å². The Labute approximate surface area is 190 Å². The first-order valence-electron chi connectivity index (χ1n) is 9.75. The molecule has 168 valence electrons. The second-order valence-corrected chi connectivity index (χ2v) is 7.47. The van der Waals surface area contributed by atoms with Gasteiger partial charge in [0.15, 0.2) is 17.5 Å².